The van der Waals surface area contributed by atoms with Crippen molar-refractivity contribution in [1.29, 1.82) is 0 Å². The molecule has 1 rings (SSSR count). The summed E-state index contributed by atoms with van der Waals surface area (Å²) in [7, 11) is 0. The molecule has 2 nitrogen and oxygen atoms in total. The number of carbonyl (C=O) groups is 1. The van der Waals surface area contributed by atoms with E-state index < -0.39 is 5.97 Å². The maximum atomic E-state index is 10.3. The van der Waals surface area contributed by atoms with E-state index in [4.69, 9.17) is 5.11 Å². The topological polar surface area (TPSA) is 37.3 Å². The van der Waals surface area contributed by atoms with Crippen molar-refractivity contribution in [2.24, 2.45) is 5.92 Å². The second-order valence-electron chi connectivity index (χ2n) is 2.32. The van der Waals surface area contributed by atoms with Crippen LogP contribution in [0.1, 0.15) is 20.7 Å². The third kappa shape index (κ3) is 2.86. The standard InChI is InChI=1S/C7H10O2.Na.H/c8-7(9)6-4-2-1-3-5-6;;/h1-2,6H,3-5H2,(H,8,9);;/q;+1;-1. The number of carboxylic acid groups (broad SMARTS) is 1. The molecule has 1 aliphatic rings. The molecule has 1 atom stereocenters. The smallest absolute Gasteiger partial charge is 1.00 e. The first-order valence-electron chi connectivity index (χ1n) is 3.18. The van der Waals surface area contributed by atoms with Crippen molar-refractivity contribution in [2.45, 2.75) is 19.3 Å². The number of allylic oxidation sites excluding steroid dienone is 2. The Kier molecular flexibility index (Phi) is 5.04. The molecule has 0 spiro atoms. The molecule has 0 aromatic rings. The number of carboxylic acids is 1. The van der Waals surface area contributed by atoms with E-state index in [1.165, 1.54) is 0 Å². The summed E-state index contributed by atoms with van der Waals surface area (Å²) in [4.78, 5) is 10.3. The Bertz CT molecular complexity index is 147. The first-order chi connectivity index (χ1) is 4.30. The largest absolute Gasteiger partial charge is 1.00 e. The van der Waals surface area contributed by atoms with Gasteiger partial charge in [0.25, 0.3) is 0 Å². The first kappa shape index (κ1) is 10.2. The van der Waals surface area contributed by atoms with Crippen molar-refractivity contribution in [2.75, 3.05) is 0 Å². The van der Waals surface area contributed by atoms with Crippen LogP contribution in [-0.2, 0) is 4.79 Å². The molecule has 0 saturated carbocycles. The maximum Gasteiger partial charge on any atom is 1.00 e. The van der Waals surface area contributed by atoms with Gasteiger partial charge in [-0.05, 0) is 19.3 Å². The molecule has 3 heteroatoms. The van der Waals surface area contributed by atoms with Crippen LogP contribution in [0.3, 0.4) is 0 Å². The molecule has 1 N–H and O–H groups in total. The predicted octanol–water partition coefficient (Wildman–Crippen LogP) is -1.46. The summed E-state index contributed by atoms with van der Waals surface area (Å²) < 4.78 is 0. The minimum absolute atomic E-state index is 0. The van der Waals surface area contributed by atoms with Crippen molar-refractivity contribution >= 4 is 5.97 Å². The van der Waals surface area contributed by atoms with Crippen LogP contribution in [0.2, 0.25) is 0 Å². The fourth-order valence-corrected chi connectivity index (χ4v) is 1.02. The van der Waals surface area contributed by atoms with Gasteiger partial charge < -0.3 is 6.53 Å². The van der Waals surface area contributed by atoms with Crippen LogP contribution in [-0.4, -0.2) is 11.1 Å². The van der Waals surface area contributed by atoms with E-state index in [0.29, 0.717) is 0 Å². The van der Waals surface area contributed by atoms with Crippen molar-refractivity contribution in [3.8, 4) is 0 Å². The molecule has 0 aromatic carbocycles. The van der Waals surface area contributed by atoms with Crippen molar-refractivity contribution in [3.63, 3.8) is 0 Å². The molecule has 0 radical (unpaired) electrons. The molecule has 10 heavy (non-hydrogen) atoms. The molecular formula is C7H11NaO2. The predicted molar refractivity (Wildman–Crippen MR) is 35.2 cm³/mol. The van der Waals surface area contributed by atoms with E-state index in [0.717, 1.165) is 19.3 Å². The van der Waals surface area contributed by atoms with Gasteiger partial charge >= 0.3 is 35.5 Å². The normalized spacial score (nSPS) is 23.4. The van der Waals surface area contributed by atoms with E-state index in [1.54, 1.807) is 0 Å². The second-order valence-corrected chi connectivity index (χ2v) is 2.32. The average molecular weight is 150 g/mol. The molecule has 0 heterocycles. The number of aliphatic carboxylic acids is 1. The third-order valence-electron chi connectivity index (χ3n) is 1.62. The Labute approximate surface area is 84.1 Å². The molecule has 0 bridgehead atoms. The van der Waals surface area contributed by atoms with Gasteiger partial charge in [0, 0.05) is 0 Å². The van der Waals surface area contributed by atoms with E-state index >= 15 is 0 Å². The van der Waals surface area contributed by atoms with Crippen molar-refractivity contribution in [1.82, 2.24) is 0 Å². The number of hydrogen-bond donors (Lipinski definition) is 1. The zero-order valence-corrected chi connectivity index (χ0v) is 8.21. The van der Waals surface area contributed by atoms with E-state index in [9.17, 15) is 4.79 Å². The van der Waals surface area contributed by atoms with Crippen LogP contribution in [0.4, 0.5) is 0 Å². The van der Waals surface area contributed by atoms with Gasteiger partial charge in [-0.15, -0.1) is 0 Å². The van der Waals surface area contributed by atoms with Gasteiger partial charge in [0.05, 0.1) is 5.92 Å². The van der Waals surface area contributed by atoms with Crippen LogP contribution < -0.4 is 29.6 Å². The summed E-state index contributed by atoms with van der Waals surface area (Å²) >= 11 is 0. The van der Waals surface area contributed by atoms with E-state index in [2.05, 4.69) is 0 Å². The summed E-state index contributed by atoms with van der Waals surface area (Å²) in [5.74, 6) is -0.769. The molecule has 0 aromatic heterocycles. The van der Waals surface area contributed by atoms with Gasteiger partial charge in [-0.3, -0.25) is 4.79 Å². The first-order valence-corrected chi connectivity index (χ1v) is 3.18. The third-order valence-corrected chi connectivity index (χ3v) is 1.62. The van der Waals surface area contributed by atoms with Crippen LogP contribution in [0.15, 0.2) is 12.2 Å². The van der Waals surface area contributed by atoms with E-state index in [-0.39, 0.29) is 36.9 Å². The van der Waals surface area contributed by atoms with Gasteiger partial charge in [-0.1, -0.05) is 12.2 Å². The second kappa shape index (κ2) is 4.94. The Morgan fingerprint density at radius 1 is 1.60 bits per heavy atom. The average Bonchev–Trinajstić information content (AvgIpc) is 1.90. The molecule has 1 aliphatic carbocycles. The van der Waals surface area contributed by atoms with Crippen molar-refractivity contribution in [3.05, 3.63) is 12.2 Å². The number of hydrogen-bond acceptors (Lipinski definition) is 1. The Morgan fingerprint density at radius 3 is 2.60 bits per heavy atom. The van der Waals surface area contributed by atoms with Crippen molar-refractivity contribution < 1.29 is 40.9 Å². The maximum absolute atomic E-state index is 10.3. The van der Waals surface area contributed by atoms with Gasteiger partial charge in [0.2, 0.25) is 0 Å². The van der Waals surface area contributed by atoms with Gasteiger partial charge in [-0.2, -0.15) is 0 Å². The van der Waals surface area contributed by atoms with Gasteiger partial charge in [-0.25, -0.2) is 0 Å². The van der Waals surface area contributed by atoms with Gasteiger partial charge in [0.1, 0.15) is 0 Å². The molecule has 0 amide bonds. The Balaban J connectivity index is 0. The van der Waals surface area contributed by atoms with Crippen LogP contribution in [0.5, 0.6) is 0 Å². The van der Waals surface area contributed by atoms with Crippen LogP contribution >= 0.6 is 0 Å². The quantitative estimate of drug-likeness (QED) is 0.366. The Hall–Kier alpha value is 0.210. The summed E-state index contributed by atoms with van der Waals surface area (Å²) in [5.41, 5.74) is 0. The molecule has 0 fully saturated rings. The molecule has 0 aliphatic heterocycles. The monoisotopic (exact) mass is 150 g/mol. The molecule has 52 valence electrons. The minimum atomic E-state index is -0.653. The summed E-state index contributed by atoms with van der Waals surface area (Å²) in [6.07, 6.45) is 6.44. The Morgan fingerprint density at radius 2 is 2.30 bits per heavy atom. The molecular weight excluding hydrogens is 139 g/mol. The number of rotatable bonds is 1. The zero-order chi connectivity index (χ0) is 6.69. The fourth-order valence-electron chi connectivity index (χ4n) is 1.02. The SMILES string of the molecule is O=C(O)C1CC=CCC1.[H-].[Na+]. The minimum Gasteiger partial charge on any atom is -1.00 e. The molecule has 1 unspecified atom stereocenters. The molecule has 0 saturated heterocycles. The zero-order valence-electron chi connectivity index (χ0n) is 7.21. The summed E-state index contributed by atoms with van der Waals surface area (Å²) in [6.45, 7) is 0. The van der Waals surface area contributed by atoms with Gasteiger partial charge in [0.15, 0.2) is 0 Å². The fraction of sp³-hybridized carbons (Fsp3) is 0.571. The van der Waals surface area contributed by atoms with Crippen LogP contribution in [0, 0.1) is 5.92 Å². The summed E-state index contributed by atoms with van der Waals surface area (Å²) in [6, 6.07) is 0. The van der Waals surface area contributed by atoms with E-state index in [1.807, 2.05) is 12.2 Å². The summed E-state index contributed by atoms with van der Waals surface area (Å²) in [5, 5.41) is 8.50. The van der Waals surface area contributed by atoms with Crippen LogP contribution in [0.25, 0.3) is 0 Å².